The zero-order valence-electron chi connectivity index (χ0n) is 13.6. The molecule has 0 aliphatic rings. The minimum atomic E-state index is -0.370. The first kappa shape index (κ1) is 15.4. The maximum absolute atomic E-state index is 12.9. The smallest absolute Gasteiger partial charge is 0.278 e. The lowest BCUT2D eigenvalue weighted by molar-refractivity contribution is 0.216. The number of hydrogen-bond acceptors (Lipinski definition) is 3. The summed E-state index contributed by atoms with van der Waals surface area (Å²) in [5.74, 6) is 0.459. The topological polar surface area (TPSA) is 65.8 Å². The van der Waals surface area contributed by atoms with Crippen molar-refractivity contribution in [2.24, 2.45) is 0 Å². The van der Waals surface area contributed by atoms with E-state index >= 15 is 0 Å². The van der Waals surface area contributed by atoms with E-state index in [4.69, 9.17) is 5.73 Å². The van der Waals surface area contributed by atoms with Gasteiger partial charge in [0.05, 0.1) is 16.8 Å². The molecule has 0 unspecified atom stereocenters. The van der Waals surface area contributed by atoms with Crippen LogP contribution in [0, 0.1) is 0 Å². The standard InChI is InChI=1S/C16H24N4O/c1-15(2,3)19-13(17)12(11-9-7-8-10-18-11)14(21)20(19)16(4,5)6/h7-10H,17H2,1-6H3. The van der Waals surface area contributed by atoms with Crippen LogP contribution >= 0.6 is 0 Å². The fourth-order valence-electron chi connectivity index (χ4n) is 2.54. The van der Waals surface area contributed by atoms with Crippen molar-refractivity contribution in [3.63, 3.8) is 0 Å². The Bertz CT molecular complexity index is 697. The van der Waals surface area contributed by atoms with E-state index in [1.54, 1.807) is 10.9 Å². The number of nitrogens with zero attached hydrogens (tertiary/aromatic N) is 3. The zero-order chi connectivity index (χ0) is 16.0. The lowest BCUT2D eigenvalue weighted by Crippen LogP contribution is -2.42. The molecule has 5 heteroatoms. The molecule has 2 aromatic rings. The molecule has 2 N–H and O–H groups in total. The lowest BCUT2D eigenvalue weighted by Gasteiger charge is -2.32. The number of anilines is 1. The largest absolute Gasteiger partial charge is 0.383 e. The van der Waals surface area contributed by atoms with E-state index in [1.807, 2.05) is 64.4 Å². The summed E-state index contributed by atoms with van der Waals surface area (Å²) >= 11 is 0. The Balaban J connectivity index is 2.89. The van der Waals surface area contributed by atoms with Gasteiger partial charge in [-0.15, -0.1) is 0 Å². The van der Waals surface area contributed by atoms with E-state index < -0.39 is 0 Å². The van der Waals surface area contributed by atoms with Crippen LogP contribution in [-0.2, 0) is 11.1 Å². The van der Waals surface area contributed by atoms with Crippen LogP contribution in [0.5, 0.6) is 0 Å². The van der Waals surface area contributed by atoms with Crippen molar-refractivity contribution in [2.45, 2.75) is 52.6 Å². The fraction of sp³-hybridized carbons (Fsp3) is 0.500. The van der Waals surface area contributed by atoms with Gasteiger partial charge in [-0.05, 0) is 53.7 Å². The first-order valence-corrected chi connectivity index (χ1v) is 7.11. The van der Waals surface area contributed by atoms with Crippen LogP contribution in [0.15, 0.2) is 29.2 Å². The number of rotatable bonds is 1. The highest BCUT2D eigenvalue weighted by atomic mass is 16.1. The number of hydrogen-bond donors (Lipinski definition) is 1. The molecule has 2 aromatic heterocycles. The number of nitrogen functional groups attached to an aromatic ring is 1. The third kappa shape index (κ3) is 2.60. The van der Waals surface area contributed by atoms with E-state index in [1.165, 1.54) is 0 Å². The molecule has 0 saturated carbocycles. The normalized spacial score (nSPS) is 12.7. The maximum Gasteiger partial charge on any atom is 0.278 e. The Morgan fingerprint density at radius 2 is 1.57 bits per heavy atom. The summed E-state index contributed by atoms with van der Waals surface area (Å²) in [7, 11) is 0. The predicted octanol–water partition coefficient (Wildman–Crippen LogP) is 2.80. The van der Waals surface area contributed by atoms with Crippen molar-refractivity contribution in [2.75, 3.05) is 5.73 Å². The summed E-state index contributed by atoms with van der Waals surface area (Å²) in [6.07, 6.45) is 1.67. The van der Waals surface area contributed by atoms with Gasteiger partial charge in [0.2, 0.25) is 0 Å². The van der Waals surface area contributed by atoms with E-state index in [0.717, 1.165) is 0 Å². The van der Waals surface area contributed by atoms with Gasteiger partial charge in [-0.1, -0.05) is 6.07 Å². The molecule has 0 radical (unpaired) electrons. The summed E-state index contributed by atoms with van der Waals surface area (Å²) in [4.78, 5) is 17.2. The lowest BCUT2D eigenvalue weighted by atomic mass is 10.1. The molecule has 0 aromatic carbocycles. The highest BCUT2D eigenvalue weighted by molar-refractivity contribution is 5.70. The van der Waals surface area contributed by atoms with Crippen LogP contribution < -0.4 is 11.3 Å². The Morgan fingerprint density at radius 1 is 1.00 bits per heavy atom. The summed E-state index contributed by atoms with van der Waals surface area (Å²) < 4.78 is 3.60. The SMILES string of the molecule is CC(C)(C)n1c(N)c(-c2ccccn2)c(=O)n1C(C)(C)C. The molecule has 0 amide bonds. The van der Waals surface area contributed by atoms with Gasteiger partial charge in [-0.3, -0.25) is 14.5 Å². The molecule has 0 aliphatic heterocycles. The Hall–Kier alpha value is -2.04. The van der Waals surface area contributed by atoms with Crippen molar-refractivity contribution in [3.8, 4) is 11.3 Å². The van der Waals surface area contributed by atoms with Gasteiger partial charge in [0.1, 0.15) is 11.4 Å². The minimum Gasteiger partial charge on any atom is -0.383 e. The highest BCUT2D eigenvalue weighted by Gasteiger charge is 2.31. The van der Waals surface area contributed by atoms with Gasteiger partial charge < -0.3 is 5.73 Å². The number of nitrogens with two attached hydrogens (primary N) is 1. The maximum atomic E-state index is 12.9. The molecular formula is C16H24N4O. The van der Waals surface area contributed by atoms with Gasteiger partial charge in [0.15, 0.2) is 0 Å². The molecule has 0 saturated heterocycles. The number of aromatic nitrogens is 3. The first-order valence-electron chi connectivity index (χ1n) is 7.11. The van der Waals surface area contributed by atoms with Crippen LogP contribution in [0.3, 0.4) is 0 Å². The minimum absolute atomic E-state index is 0.103. The second kappa shape index (κ2) is 4.76. The monoisotopic (exact) mass is 288 g/mol. The second-order valence-corrected chi connectivity index (χ2v) is 7.25. The van der Waals surface area contributed by atoms with Crippen molar-refractivity contribution < 1.29 is 0 Å². The molecule has 2 rings (SSSR count). The van der Waals surface area contributed by atoms with E-state index in [9.17, 15) is 4.79 Å². The summed E-state index contributed by atoms with van der Waals surface area (Å²) in [6.45, 7) is 12.1. The average molecular weight is 288 g/mol. The van der Waals surface area contributed by atoms with Crippen molar-refractivity contribution >= 4 is 5.82 Å². The van der Waals surface area contributed by atoms with Crippen LogP contribution in [0.2, 0.25) is 0 Å². The molecule has 21 heavy (non-hydrogen) atoms. The van der Waals surface area contributed by atoms with Gasteiger partial charge in [-0.25, -0.2) is 4.68 Å². The third-order valence-corrected chi connectivity index (χ3v) is 3.28. The van der Waals surface area contributed by atoms with Crippen LogP contribution in [-0.4, -0.2) is 14.3 Å². The van der Waals surface area contributed by atoms with Crippen molar-refractivity contribution in [1.82, 2.24) is 14.3 Å². The van der Waals surface area contributed by atoms with Crippen LogP contribution in [0.25, 0.3) is 11.3 Å². The second-order valence-electron chi connectivity index (χ2n) is 7.25. The molecule has 0 fully saturated rings. The molecule has 0 bridgehead atoms. The summed E-state index contributed by atoms with van der Waals surface area (Å²) in [6, 6.07) is 5.49. The molecular weight excluding hydrogens is 264 g/mol. The molecule has 0 aliphatic carbocycles. The molecule has 5 nitrogen and oxygen atoms in total. The fourth-order valence-corrected chi connectivity index (χ4v) is 2.54. The average Bonchev–Trinajstić information content (AvgIpc) is 2.61. The quantitative estimate of drug-likeness (QED) is 0.877. The van der Waals surface area contributed by atoms with E-state index in [0.29, 0.717) is 17.1 Å². The van der Waals surface area contributed by atoms with E-state index in [-0.39, 0.29) is 16.6 Å². The van der Waals surface area contributed by atoms with Crippen LogP contribution in [0.1, 0.15) is 41.5 Å². The summed E-state index contributed by atoms with van der Waals surface area (Å²) in [5, 5.41) is 0. The molecule has 2 heterocycles. The Kier molecular flexibility index (Phi) is 3.48. The summed E-state index contributed by atoms with van der Waals surface area (Å²) in [5.41, 5.74) is 6.63. The van der Waals surface area contributed by atoms with Gasteiger partial charge in [0, 0.05) is 6.20 Å². The molecule has 114 valence electrons. The predicted molar refractivity (Wildman–Crippen MR) is 86.3 cm³/mol. The van der Waals surface area contributed by atoms with Gasteiger partial charge >= 0.3 is 0 Å². The van der Waals surface area contributed by atoms with Gasteiger partial charge in [0.25, 0.3) is 5.56 Å². The Morgan fingerprint density at radius 3 is 1.95 bits per heavy atom. The zero-order valence-corrected chi connectivity index (χ0v) is 13.6. The highest BCUT2D eigenvalue weighted by Crippen LogP contribution is 2.29. The van der Waals surface area contributed by atoms with E-state index in [2.05, 4.69) is 4.98 Å². The number of pyridine rings is 1. The van der Waals surface area contributed by atoms with Crippen LogP contribution in [0.4, 0.5) is 5.82 Å². The molecule has 0 atom stereocenters. The van der Waals surface area contributed by atoms with Gasteiger partial charge in [-0.2, -0.15) is 0 Å². The third-order valence-electron chi connectivity index (χ3n) is 3.28. The van der Waals surface area contributed by atoms with Crippen molar-refractivity contribution in [1.29, 1.82) is 0 Å². The first-order chi connectivity index (χ1) is 9.55. The van der Waals surface area contributed by atoms with Crippen molar-refractivity contribution in [3.05, 3.63) is 34.7 Å². The molecule has 0 spiro atoms. The Labute approximate surface area is 125 Å².